The topological polar surface area (TPSA) is 66.3 Å². The summed E-state index contributed by atoms with van der Waals surface area (Å²) in [6.07, 6.45) is 1.46. The lowest BCUT2D eigenvalue weighted by atomic mass is 10.1. The predicted octanol–water partition coefficient (Wildman–Crippen LogP) is 2.12. The molecule has 0 saturated carbocycles. The van der Waals surface area contributed by atoms with E-state index in [1.54, 1.807) is 0 Å². The van der Waals surface area contributed by atoms with E-state index in [0.29, 0.717) is 12.5 Å². The number of nitrogens with zero attached hydrogens (tertiary/aromatic N) is 3. The smallest absolute Gasteiger partial charge is 0.354 e. The number of aromatic carboxylic acids is 1. The van der Waals surface area contributed by atoms with Gasteiger partial charge in [-0.15, -0.1) is 0 Å². The van der Waals surface area contributed by atoms with Crippen molar-refractivity contribution in [3.8, 4) is 0 Å². The van der Waals surface area contributed by atoms with E-state index in [2.05, 4.69) is 9.97 Å². The molecular formula is C14H15N3O2. The molecule has 0 aliphatic carbocycles. The average Bonchev–Trinajstić information content (AvgIpc) is 2.41. The van der Waals surface area contributed by atoms with Crippen LogP contribution in [-0.2, 0) is 6.54 Å². The summed E-state index contributed by atoms with van der Waals surface area (Å²) in [7, 11) is 1.84. The molecule has 98 valence electrons. The number of aromatic nitrogens is 2. The van der Waals surface area contributed by atoms with E-state index in [9.17, 15) is 4.79 Å². The van der Waals surface area contributed by atoms with Crippen molar-refractivity contribution in [1.29, 1.82) is 0 Å². The number of hydrogen-bond acceptors (Lipinski definition) is 4. The number of aryl methyl sites for hydroxylation is 1. The van der Waals surface area contributed by atoms with Gasteiger partial charge in [0.15, 0.2) is 5.69 Å². The highest BCUT2D eigenvalue weighted by Gasteiger charge is 2.10. The van der Waals surface area contributed by atoms with Gasteiger partial charge in [-0.3, -0.25) is 0 Å². The first-order chi connectivity index (χ1) is 9.08. The quantitative estimate of drug-likeness (QED) is 0.908. The molecule has 0 aliphatic rings. The van der Waals surface area contributed by atoms with Gasteiger partial charge in [-0.1, -0.05) is 24.3 Å². The lowest BCUT2D eigenvalue weighted by Crippen LogP contribution is -2.20. The van der Waals surface area contributed by atoms with Crippen LogP contribution >= 0.6 is 0 Å². The summed E-state index contributed by atoms with van der Waals surface area (Å²) < 4.78 is 0. The van der Waals surface area contributed by atoms with Crippen molar-refractivity contribution in [3.05, 3.63) is 53.3 Å². The molecule has 1 N–H and O–H groups in total. The number of benzene rings is 1. The normalized spacial score (nSPS) is 10.2. The molecule has 0 radical (unpaired) electrons. The van der Waals surface area contributed by atoms with Crippen LogP contribution in [0.15, 0.2) is 36.5 Å². The maximum absolute atomic E-state index is 10.9. The molecule has 19 heavy (non-hydrogen) atoms. The Bertz CT molecular complexity index is 599. The van der Waals surface area contributed by atoms with Crippen molar-refractivity contribution in [2.45, 2.75) is 13.5 Å². The molecule has 1 aromatic heterocycles. The van der Waals surface area contributed by atoms with Gasteiger partial charge in [0.25, 0.3) is 0 Å². The molecule has 0 aliphatic heterocycles. The van der Waals surface area contributed by atoms with Crippen molar-refractivity contribution in [2.24, 2.45) is 0 Å². The number of carboxylic acids is 1. The van der Waals surface area contributed by atoms with Crippen molar-refractivity contribution in [2.75, 3.05) is 11.9 Å². The van der Waals surface area contributed by atoms with E-state index >= 15 is 0 Å². The Morgan fingerprint density at radius 3 is 2.74 bits per heavy atom. The Morgan fingerprint density at radius 2 is 2.05 bits per heavy atom. The molecule has 5 nitrogen and oxygen atoms in total. The molecule has 2 aromatic rings. The first kappa shape index (κ1) is 13.0. The van der Waals surface area contributed by atoms with E-state index in [0.717, 1.165) is 5.56 Å². The van der Waals surface area contributed by atoms with Crippen LogP contribution in [-0.4, -0.2) is 28.1 Å². The van der Waals surface area contributed by atoms with Gasteiger partial charge in [0, 0.05) is 19.8 Å². The fourth-order valence-electron chi connectivity index (χ4n) is 1.77. The SMILES string of the molecule is Cc1ccccc1CN(C)c1nccc(C(=O)O)n1. The van der Waals surface area contributed by atoms with E-state index in [1.165, 1.54) is 17.8 Å². The summed E-state index contributed by atoms with van der Waals surface area (Å²) in [6.45, 7) is 2.67. The van der Waals surface area contributed by atoms with Gasteiger partial charge >= 0.3 is 5.97 Å². The van der Waals surface area contributed by atoms with Gasteiger partial charge in [-0.25, -0.2) is 14.8 Å². The third kappa shape index (κ3) is 3.07. The van der Waals surface area contributed by atoms with Crippen LogP contribution in [0.25, 0.3) is 0 Å². The number of carbonyl (C=O) groups is 1. The molecule has 1 heterocycles. The molecule has 0 spiro atoms. The maximum atomic E-state index is 10.9. The highest BCUT2D eigenvalue weighted by Crippen LogP contribution is 2.13. The van der Waals surface area contributed by atoms with Gasteiger partial charge in [-0.2, -0.15) is 0 Å². The van der Waals surface area contributed by atoms with Crippen molar-refractivity contribution < 1.29 is 9.90 Å². The molecule has 1 aromatic carbocycles. The van der Waals surface area contributed by atoms with Crippen LogP contribution in [0.2, 0.25) is 0 Å². The third-order valence-corrected chi connectivity index (χ3v) is 2.87. The molecule has 0 atom stereocenters. The summed E-state index contributed by atoms with van der Waals surface area (Å²) in [5.41, 5.74) is 2.35. The summed E-state index contributed by atoms with van der Waals surface area (Å²) in [5, 5.41) is 8.92. The lowest BCUT2D eigenvalue weighted by molar-refractivity contribution is 0.0690. The standard InChI is InChI=1S/C14H15N3O2/c1-10-5-3-4-6-11(10)9-17(2)14-15-8-7-12(16-14)13(18)19/h3-8H,9H2,1-2H3,(H,18,19). The summed E-state index contributed by atoms with van der Waals surface area (Å²) in [4.78, 5) is 20.8. The van der Waals surface area contributed by atoms with Crippen molar-refractivity contribution >= 4 is 11.9 Å². The molecule has 2 rings (SSSR count). The molecule has 0 amide bonds. The molecule has 5 heteroatoms. The van der Waals surface area contributed by atoms with Crippen LogP contribution in [0.3, 0.4) is 0 Å². The second kappa shape index (κ2) is 5.48. The van der Waals surface area contributed by atoms with Crippen molar-refractivity contribution in [3.63, 3.8) is 0 Å². The fraction of sp³-hybridized carbons (Fsp3) is 0.214. The first-order valence-corrected chi connectivity index (χ1v) is 5.90. The molecule has 0 saturated heterocycles. The molecule has 0 fully saturated rings. The van der Waals surface area contributed by atoms with Crippen LogP contribution in [0.1, 0.15) is 21.6 Å². The Balaban J connectivity index is 2.20. The zero-order chi connectivity index (χ0) is 13.8. The Morgan fingerprint density at radius 1 is 1.32 bits per heavy atom. The fourth-order valence-corrected chi connectivity index (χ4v) is 1.77. The number of hydrogen-bond donors (Lipinski definition) is 1. The molecule has 0 bridgehead atoms. The lowest BCUT2D eigenvalue weighted by Gasteiger charge is -2.18. The van der Waals surface area contributed by atoms with Gasteiger partial charge in [-0.05, 0) is 24.1 Å². The number of rotatable bonds is 4. The van der Waals surface area contributed by atoms with E-state index in [1.807, 2.05) is 43.1 Å². The minimum absolute atomic E-state index is 0.00151. The van der Waals surface area contributed by atoms with Gasteiger partial charge < -0.3 is 10.0 Å². The second-order valence-electron chi connectivity index (χ2n) is 4.33. The molecule has 0 unspecified atom stereocenters. The van der Waals surface area contributed by atoms with Gasteiger partial charge in [0.05, 0.1) is 0 Å². The minimum Gasteiger partial charge on any atom is -0.477 e. The number of carboxylic acid groups (broad SMARTS) is 1. The zero-order valence-corrected chi connectivity index (χ0v) is 10.9. The third-order valence-electron chi connectivity index (χ3n) is 2.87. The largest absolute Gasteiger partial charge is 0.477 e. The van der Waals surface area contributed by atoms with Crippen LogP contribution in [0.4, 0.5) is 5.95 Å². The Kier molecular flexibility index (Phi) is 3.75. The average molecular weight is 257 g/mol. The van der Waals surface area contributed by atoms with Crippen LogP contribution in [0.5, 0.6) is 0 Å². The van der Waals surface area contributed by atoms with Gasteiger partial charge in [0.1, 0.15) is 0 Å². The van der Waals surface area contributed by atoms with Crippen molar-refractivity contribution in [1.82, 2.24) is 9.97 Å². The maximum Gasteiger partial charge on any atom is 0.354 e. The van der Waals surface area contributed by atoms with E-state index in [-0.39, 0.29) is 5.69 Å². The highest BCUT2D eigenvalue weighted by atomic mass is 16.4. The Labute approximate surface area is 111 Å². The van der Waals surface area contributed by atoms with E-state index in [4.69, 9.17) is 5.11 Å². The van der Waals surface area contributed by atoms with Crippen LogP contribution < -0.4 is 4.90 Å². The van der Waals surface area contributed by atoms with Gasteiger partial charge in [0.2, 0.25) is 5.95 Å². The predicted molar refractivity (Wildman–Crippen MR) is 72.3 cm³/mol. The minimum atomic E-state index is -1.05. The zero-order valence-electron chi connectivity index (χ0n) is 10.9. The summed E-state index contributed by atoms with van der Waals surface area (Å²) >= 11 is 0. The summed E-state index contributed by atoms with van der Waals surface area (Å²) in [5.74, 6) is -0.643. The highest BCUT2D eigenvalue weighted by molar-refractivity contribution is 5.85. The van der Waals surface area contributed by atoms with Crippen LogP contribution in [0, 0.1) is 6.92 Å². The van der Waals surface area contributed by atoms with E-state index < -0.39 is 5.97 Å². The monoisotopic (exact) mass is 257 g/mol. The molecular weight excluding hydrogens is 242 g/mol. The Hall–Kier alpha value is -2.43. The summed E-state index contributed by atoms with van der Waals surface area (Å²) in [6, 6.07) is 9.42. The first-order valence-electron chi connectivity index (χ1n) is 5.90. The second-order valence-corrected chi connectivity index (χ2v) is 4.33. The number of anilines is 1.